The molecular formula is C20H22F3N3O2. The largest absolute Gasteiger partial charge is 0.416 e. The Hall–Kier alpha value is -2.87. The Morgan fingerprint density at radius 1 is 1.04 bits per heavy atom. The number of benzene rings is 2. The molecule has 0 atom stereocenters. The van der Waals surface area contributed by atoms with Crippen LogP contribution < -0.4 is 16.0 Å². The highest BCUT2D eigenvalue weighted by Gasteiger charge is 2.30. The molecule has 0 spiro atoms. The molecule has 0 aliphatic carbocycles. The quantitative estimate of drug-likeness (QED) is 0.618. The first-order chi connectivity index (χ1) is 13.2. The van der Waals surface area contributed by atoms with Crippen molar-refractivity contribution in [2.24, 2.45) is 0 Å². The molecule has 0 aliphatic rings. The average Bonchev–Trinajstić information content (AvgIpc) is 2.63. The van der Waals surface area contributed by atoms with Crippen molar-refractivity contribution >= 4 is 23.2 Å². The number of amides is 2. The molecule has 5 nitrogen and oxygen atoms in total. The Labute approximate surface area is 161 Å². The van der Waals surface area contributed by atoms with E-state index in [9.17, 15) is 22.8 Å². The summed E-state index contributed by atoms with van der Waals surface area (Å²) in [6, 6.07) is 9.14. The zero-order chi connectivity index (χ0) is 20.7. The van der Waals surface area contributed by atoms with Gasteiger partial charge in [-0.25, -0.2) is 0 Å². The van der Waals surface area contributed by atoms with Crippen molar-refractivity contribution < 1.29 is 22.8 Å². The van der Waals surface area contributed by atoms with Gasteiger partial charge in [0.1, 0.15) is 0 Å². The highest BCUT2D eigenvalue weighted by atomic mass is 19.4. The lowest BCUT2D eigenvalue weighted by Crippen LogP contribution is -2.17. The number of nitrogens with one attached hydrogen (secondary N) is 3. The van der Waals surface area contributed by atoms with Crippen molar-refractivity contribution in [2.45, 2.75) is 25.9 Å². The highest BCUT2D eigenvalue weighted by Crippen LogP contribution is 2.30. The van der Waals surface area contributed by atoms with E-state index in [1.807, 2.05) is 0 Å². The van der Waals surface area contributed by atoms with Crippen LogP contribution >= 0.6 is 0 Å². The fourth-order valence-electron chi connectivity index (χ4n) is 2.51. The van der Waals surface area contributed by atoms with Crippen LogP contribution in [0.15, 0.2) is 42.5 Å². The van der Waals surface area contributed by atoms with Crippen molar-refractivity contribution in [3.05, 3.63) is 59.2 Å². The molecule has 28 heavy (non-hydrogen) atoms. The molecule has 0 aliphatic heterocycles. The molecule has 0 unspecified atom stereocenters. The Balaban J connectivity index is 2.11. The van der Waals surface area contributed by atoms with Crippen molar-refractivity contribution in [1.29, 1.82) is 0 Å². The summed E-state index contributed by atoms with van der Waals surface area (Å²) in [5.74, 6) is -0.737. The van der Waals surface area contributed by atoms with Crippen LogP contribution in [0.3, 0.4) is 0 Å². The SMILES string of the molecule is CNCCCC(=O)Nc1cc(C(=O)Nc2cccc(C(F)(F)F)c2)ccc1C. The summed E-state index contributed by atoms with van der Waals surface area (Å²) in [5.41, 5.74) is 0.694. The van der Waals surface area contributed by atoms with E-state index in [0.717, 1.165) is 17.7 Å². The molecule has 0 radical (unpaired) electrons. The lowest BCUT2D eigenvalue weighted by molar-refractivity contribution is -0.137. The van der Waals surface area contributed by atoms with Gasteiger partial charge < -0.3 is 16.0 Å². The maximum atomic E-state index is 12.8. The molecule has 3 N–H and O–H groups in total. The Morgan fingerprint density at radius 2 is 1.79 bits per heavy atom. The van der Waals surface area contributed by atoms with Crippen LogP contribution in [0.5, 0.6) is 0 Å². The number of rotatable bonds is 7. The Kier molecular flexibility index (Phi) is 7.17. The van der Waals surface area contributed by atoms with Crippen LogP contribution in [-0.4, -0.2) is 25.4 Å². The van der Waals surface area contributed by atoms with E-state index in [4.69, 9.17) is 0 Å². The number of aryl methyl sites for hydroxylation is 1. The first-order valence-corrected chi connectivity index (χ1v) is 8.74. The van der Waals surface area contributed by atoms with Gasteiger partial charge in [-0.15, -0.1) is 0 Å². The summed E-state index contributed by atoms with van der Waals surface area (Å²) < 4.78 is 38.4. The van der Waals surface area contributed by atoms with E-state index in [0.29, 0.717) is 25.1 Å². The van der Waals surface area contributed by atoms with Gasteiger partial charge in [-0.05, 0) is 62.8 Å². The molecule has 0 aromatic heterocycles. The zero-order valence-corrected chi connectivity index (χ0v) is 15.6. The Bertz CT molecular complexity index is 851. The zero-order valence-electron chi connectivity index (χ0n) is 15.6. The molecule has 150 valence electrons. The third kappa shape index (κ3) is 6.09. The van der Waals surface area contributed by atoms with Crippen LogP contribution in [0, 0.1) is 6.92 Å². The second kappa shape index (κ2) is 9.36. The fraction of sp³-hybridized carbons (Fsp3) is 0.300. The monoisotopic (exact) mass is 393 g/mol. The molecule has 2 rings (SSSR count). The van der Waals surface area contributed by atoms with E-state index in [1.54, 1.807) is 26.1 Å². The summed E-state index contributed by atoms with van der Waals surface area (Å²) in [7, 11) is 1.80. The normalized spacial score (nSPS) is 11.2. The summed E-state index contributed by atoms with van der Waals surface area (Å²) in [6.07, 6.45) is -3.48. The van der Waals surface area contributed by atoms with Gasteiger partial charge in [0.25, 0.3) is 5.91 Å². The average molecular weight is 393 g/mol. The number of alkyl halides is 3. The predicted octanol–water partition coefficient (Wildman–Crippen LogP) is 4.20. The minimum atomic E-state index is -4.49. The number of hydrogen-bond donors (Lipinski definition) is 3. The minimum absolute atomic E-state index is 0.0399. The molecule has 8 heteroatoms. The van der Waals surface area contributed by atoms with Crippen LogP contribution in [-0.2, 0) is 11.0 Å². The third-order valence-electron chi connectivity index (χ3n) is 4.05. The van der Waals surface area contributed by atoms with Crippen molar-refractivity contribution in [1.82, 2.24) is 5.32 Å². The van der Waals surface area contributed by atoms with Gasteiger partial charge in [0, 0.05) is 23.4 Å². The van der Waals surface area contributed by atoms with Gasteiger partial charge in [0.05, 0.1) is 5.56 Å². The molecule has 0 saturated heterocycles. The van der Waals surface area contributed by atoms with Crippen LogP contribution in [0.4, 0.5) is 24.5 Å². The van der Waals surface area contributed by atoms with Crippen molar-refractivity contribution in [3.8, 4) is 0 Å². The maximum Gasteiger partial charge on any atom is 0.416 e. The number of hydrogen-bond acceptors (Lipinski definition) is 3. The maximum absolute atomic E-state index is 12.8. The van der Waals surface area contributed by atoms with Gasteiger partial charge in [0.2, 0.25) is 5.91 Å². The van der Waals surface area contributed by atoms with Gasteiger partial charge in [0.15, 0.2) is 0 Å². The summed E-state index contributed by atoms with van der Waals surface area (Å²) in [5, 5.41) is 8.17. The molecule has 0 saturated carbocycles. The first kappa shape index (κ1) is 21.4. The smallest absolute Gasteiger partial charge is 0.326 e. The standard InChI is InChI=1S/C20H22F3N3O2/c1-13-8-9-14(11-17(13)26-18(27)7-4-10-24-2)19(28)25-16-6-3-5-15(12-16)20(21,22)23/h3,5-6,8-9,11-12,24H,4,7,10H2,1-2H3,(H,25,28)(H,26,27). The van der Waals surface area contributed by atoms with E-state index in [1.165, 1.54) is 18.2 Å². The molecule has 2 aromatic rings. The van der Waals surface area contributed by atoms with Gasteiger partial charge in [-0.2, -0.15) is 13.2 Å². The lowest BCUT2D eigenvalue weighted by Gasteiger charge is -2.12. The molecule has 2 amide bonds. The summed E-state index contributed by atoms with van der Waals surface area (Å²) in [4.78, 5) is 24.4. The molecule has 2 aromatic carbocycles. The second-order valence-corrected chi connectivity index (χ2v) is 6.32. The van der Waals surface area contributed by atoms with Gasteiger partial charge >= 0.3 is 6.18 Å². The number of anilines is 2. The van der Waals surface area contributed by atoms with E-state index < -0.39 is 17.6 Å². The van der Waals surface area contributed by atoms with Crippen LogP contribution in [0.1, 0.15) is 34.3 Å². The number of carbonyl (C=O) groups excluding carboxylic acids is 2. The lowest BCUT2D eigenvalue weighted by atomic mass is 10.1. The third-order valence-corrected chi connectivity index (χ3v) is 4.05. The minimum Gasteiger partial charge on any atom is -0.326 e. The molecule has 0 heterocycles. The summed E-state index contributed by atoms with van der Waals surface area (Å²) in [6.45, 7) is 2.50. The fourth-order valence-corrected chi connectivity index (χ4v) is 2.51. The van der Waals surface area contributed by atoms with Crippen LogP contribution in [0.25, 0.3) is 0 Å². The number of halogens is 3. The molecule has 0 fully saturated rings. The molecule has 0 bridgehead atoms. The predicted molar refractivity (Wildman–Crippen MR) is 102 cm³/mol. The second-order valence-electron chi connectivity index (χ2n) is 6.32. The van der Waals surface area contributed by atoms with E-state index >= 15 is 0 Å². The van der Waals surface area contributed by atoms with Gasteiger partial charge in [-0.1, -0.05) is 12.1 Å². The van der Waals surface area contributed by atoms with Crippen molar-refractivity contribution in [3.63, 3.8) is 0 Å². The topological polar surface area (TPSA) is 70.2 Å². The first-order valence-electron chi connectivity index (χ1n) is 8.74. The van der Waals surface area contributed by atoms with Gasteiger partial charge in [-0.3, -0.25) is 9.59 Å². The van der Waals surface area contributed by atoms with Crippen molar-refractivity contribution in [2.75, 3.05) is 24.2 Å². The molecular weight excluding hydrogens is 371 g/mol. The Morgan fingerprint density at radius 3 is 2.46 bits per heavy atom. The summed E-state index contributed by atoms with van der Waals surface area (Å²) >= 11 is 0. The number of carbonyl (C=O) groups is 2. The van der Waals surface area contributed by atoms with Crippen LogP contribution in [0.2, 0.25) is 0 Å². The van der Waals surface area contributed by atoms with E-state index in [-0.39, 0.29) is 17.2 Å². The highest BCUT2D eigenvalue weighted by molar-refractivity contribution is 6.05. The van der Waals surface area contributed by atoms with E-state index in [2.05, 4.69) is 16.0 Å².